The van der Waals surface area contributed by atoms with Gasteiger partial charge in [-0.15, -0.1) is 0 Å². The largest absolute Gasteiger partial charge is 0.497 e. The number of nitrogens with zero attached hydrogens (tertiary/aromatic N) is 1. The van der Waals surface area contributed by atoms with Crippen molar-refractivity contribution in [2.24, 2.45) is 0 Å². The molecule has 0 saturated carbocycles. The highest BCUT2D eigenvalue weighted by atomic mass is 16.5. The van der Waals surface area contributed by atoms with Crippen LogP contribution in [0.1, 0.15) is 17.2 Å². The summed E-state index contributed by atoms with van der Waals surface area (Å²) in [6.07, 6.45) is 0. The van der Waals surface area contributed by atoms with E-state index in [2.05, 4.69) is 16.3 Å². The molecule has 3 rings (SSSR count). The Hall–Kier alpha value is -2.83. The Morgan fingerprint density at radius 1 is 1.04 bits per heavy atom. The summed E-state index contributed by atoms with van der Waals surface area (Å²) in [6, 6.07) is 15.3. The van der Waals surface area contributed by atoms with Crippen LogP contribution in [0.3, 0.4) is 0 Å². The van der Waals surface area contributed by atoms with Crippen molar-refractivity contribution in [3.8, 4) is 11.5 Å². The Labute approximate surface area is 164 Å². The zero-order valence-electron chi connectivity index (χ0n) is 16.7. The smallest absolute Gasteiger partial charge is 0.336 e. The number of nitrogens with one attached hydrogen (secondary N) is 1. The molecule has 1 aromatic heterocycles. The molecule has 3 aromatic rings. The molecule has 148 valence electrons. The first-order valence-electron chi connectivity index (χ1n) is 9.13. The van der Waals surface area contributed by atoms with Crippen LogP contribution < -0.4 is 20.4 Å². The molecule has 0 radical (unpaired) electrons. The summed E-state index contributed by atoms with van der Waals surface area (Å²) in [7, 11) is 7.35. The number of likely N-dealkylation sites (N-methyl/N-ethyl adjacent to an activating group) is 1. The molecule has 0 spiro atoms. The van der Waals surface area contributed by atoms with Gasteiger partial charge >= 0.3 is 5.63 Å². The second kappa shape index (κ2) is 8.91. The van der Waals surface area contributed by atoms with Gasteiger partial charge in [-0.25, -0.2) is 4.79 Å². The molecule has 0 bridgehead atoms. The number of hydrogen-bond donors (Lipinski definition) is 1. The predicted octanol–water partition coefficient (Wildman–Crippen LogP) is 3.20. The lowest BCUT2D eigenvalue weighted by Gasteiger charge is -2.25. The van der Waals surface area contributed by atoms with Crippen molar-refractivity contribution in [3.05, 3.63) is 70.1 Å². The van der Waals surface area contributed by atoms with Crippen molar-refractivity contribution in [3.63, 3.8) is 0 Å². The molecule has 0 aliphatic carbocycles. The van der Waals surface area contributed by atoms with E-state index in [1.807, 2.05) is 44.4 Å². The van der Waals surface area contributed by atoms with Crippen molar-refractivity contribution in [2.45, 2.75) is 12.6 Å². The molecule has 0 aliphatic heterocycles. The maximum absolute atomic E-state index is 11.9. The van der Waals surface area contributed by atoms with E-state index >= 15 is 0 Å². The molecule has 1 N–H and O–H groups in total. The molecule has 0 aliphatic rings. The second-order valence-electron chi connectivity index (χ2n) is 6.84. The number of hydrogen-bond acceptors (Lipinski definition) is 6. The number of benzene rings is 2. The van der Waals surface area contributed by atoms with Crippen LogP contribution in [0.2, 0.25) is 0 Å². The van der Waals surface area contributed by atoms with Gasteiger partial charge in [0.2, 0.25) is 0 Å². The molecular weight excluding hydrogens is 356 g/mol. The highest BCUT2D eigenvalue weighted by molar-refractivity contribution is 5.81. The average Bonchev–Trinajstić information content (AvgIpc) is 2.70. The lowest BCUT2D eigenvalue weighted by atomic mass is 10.0. The molecule has 6 heteroatoms. The summed E-state index contributed by atoms with van der Waals surface area (Å²) in [5, 5.41) is 4.37. The van der Waals surface area contributed by atoms with Crippen LogP contribution in [0.25, 0.3) is 11.0 Å². The first-order chi connectivity index (χ1) is 13.5. The molecule has 1 heterocycles. The Balaban J connectivity index is 1.78. The van der Waals surface area contributed by atoms with Gasteiger partial charge in [0.15, 0.2) is 0 Å². The first kappa shape index (κ1) is 19.9. The monoisotopic (exact) mass is 382 g/mol. The van der Waals surface area contributed by atoms with Gasteiger partial charge in [0.1, 0.15) is 17.1 Å². The molecule has 0 unspecified atom stereocenters. The summed E-state index contributed by atoms with van der Waals surface area (Å²) in [5.41, 5.74) is 2.23. The van der Waals surface area contributed by atoms with E-state index in [0.717, 1.165) is 23.2 Å². The van der Waals surface area contributed by atoms with Crippen molar-refractivity contribution >= 4 is 11.0 Å². The Morgan fingerprint density at radius 3 is 2.50 bits per heavy atom. The van der Waals surface area contributed by atoms with Crippen molar-refractivity contribution in [2.75, 3.05) is 34.9 Å². The molecule has 6 nitrogen and oxygen atoms in total. The quantitative estimate of drug-likeness (QED) is 0.604. The van der Waals surface area contributed by atoms with Crippen LogP contribution >= 0.6 is 0 Å². The second-order valence-corrected chi connectivity index (χ2v) is 6.84. The number of rotatable bonds is 8. The summed E-state index contributed by atoms with van der Waals surface area (Å²) in [5.74, 6) is 1.50. The normalized spacial score (nSPS) is 12.3. The fraction of sp³-hybridized carbons (Fsp3) is 0.318. The fourth-order valence-corrected chi connectivity index (χ4v) is 3.27. The van der Waals surface area contributed by atoms with Crippen LogP contribution in [-0.4, -0.2) is 39.8 Å². The van der Waals surface area contributed by atoms with Crippen molar-refractivity contribution < 1.29 is 13.9 Å². The van der Waals surface area contributed by atoms with E-state index in [9.17, 15) is 4.79 Å². The average molecular weight is 382 g/mol. The fourth-order valence-electron chi connectivity index (χ4n) is 3.27. The van der Waals surface area contributed by atoms with E-state index in [0.29, 0.717) is 17.9 Å². The van der Waals surface area contributed by atoms with E-state index in [-0.39, 0.29) is 11.7 Å². The van der Waals surface area contributed by atoms with Crippen LogP contribution in [0, 0.1) is 0 Å². The summed E-state index contributed by atoms with van der Waals surface area (Å²) in [6.45, 7) is 1.28. The van der Waals surface area contributed by atoms with Crippen LogP contribution in [0.5, 0.6) is 11.5 Å². The SMILES string of the molecule is COc1cccc([C@@H](CNCc2cc(=O)oc3cc(OC)ccc23)N(C)C)c1. The molecule has 28 heavy (non-hydrogen) atoms. The summed E-state index contributed by atoms with van der Waals surface area (Å²) < 4.78 is 15.9. The lowest BCUT2D eigenvalue weighted by Crippen LogP contribution is -2.31. The molecule has 0 amide bonds. The Bertz CT molecular complexity index is 997. The van der Waals surface area contributed by atoms with Crippen molar-refractivity contribution in [1.29, 1.82) is 0 Å². The lowest BCUT2D eigenvalue weighted by molar-refractivity contribution is 0.287. The molecule has 0 saturated heterocycles. The number of methoxy groups -OCH3 is 2. The molecular formula is C22H26N2O4. The van der Waals surface area contributed by atoms with Gasteiger partial charge in [-0.3, -0.25) is 0 Å². The van der Waals surface area contributed by atoms with Crippen molar-refractivity contribution in [1.82, 2.24) is 10.2 Å². The third-order valence-electron chi connectivity index (χ3n) is 4.79. The minimum Gasteiger partial charge on any atom is -0.497 e. The maximum Gasteiger partial charge on any atom is 0.336 e. The highest BCUT2D eigenvalue weighted by Crippen LogP contribution is 2.24. The summed E-state index contributed by atoms with van der Waals surface area (Å²) in [4.78, 5) is 14.1. The third-order valence-corrected chi connectivity index (χ3v) is 4.79. The first-order valence-corrected chi connectivity index (χ1v) is 9.13. The van der Waals surface area contributed by atoms with Gasteiger partial charge in [-0.2, -0.15) is 0 Å². The van der Waals surface area contributed by atoms with Gasteiger partial charge in [0.25, 0.3) is 0 Å². The van der Waals surface area contributed by atoms with Crippen LogP contribution in [-0.2, 0) is 6.54 Å². The van der Waals surface area contributed by atoms with E-state index in [1.165, 1.54) is 11.6 Å². The van der Waals surface area contributed by atoms with Gasteiger partial charge < -0.3 is 24.1 Å². The topological polar surface area (TPSA) is 63.9 Å². The van der Waals surface area contributed by atoms with E-state index in [1.54, 1.807) is 20.3 Å². The molecule has 1 atom stereocenters. The predicted molar refractivity (Wildman–Crippen MR) is 110 cm³/mol. The third kappa shape index (κ3) is 4.52. The van der Waals surface area contributed by atoms with Gasteiger partial charge in [-0.1, -0.05) is 12.1 Å². The Kier molecular flexibility index (Phi) is 6.34. The maximum atomic E-state index is 11.9. The van der Waals surface area contributed by atoms with Crippen LogP contribution in [0.4, 0.5) is 0 Å². The molecule has 0 fully saturated rings. The van der Waals surface area contributed by atoms with E-state index < -0.39 is 0 Å². The minimum atomic E-state index is -0.366. The van der Waals surface area contributed by atoms with Gasteiger partial charge in [0, 0.05) is 36.7 Å². The molecule has 2 aromatic carbocycles. The summed E-state index contributed by atoms with van der Waals surface area (Å²) >= 11 is 0. The number of ether oxygens (including phenoxy) is 2. The van der Waals surface area contributed by atoms with E-state index in [4.69, 9.17) is 13.9 Å². The standard InChI is InChI=1S/C22H26N2O4/c1-24(2)20(15-6-5-7-17(10-15)26-3)14-23-13-16-11-22(25)28-21-12-18(27-4)8-9-19(16)21/h5-12,20,23H,13-14H2,1-4H3/t20-/m1/s1. The Morgan fingerprint density at radius 2 is 1.79 bits per heavy atom. The zero-order valence-corrected chi connectivity index (χ0v) is 16.7. The van der Waals surface area contributed by atoms with Gasteiger partial charge in [0.05, 0.1) is 14.2 Å². The highest BCUT2D eigenvalue weighted by Gasteiger charge is 2.15. The van der Waals surface area contributed by atoms with Gasteiger partial charge in [-0.05, 0) is 49.5 Å². The zero-order chi connectivity index (χ0) is 20.1. The number of fused-ring (bicyclic) bond motifs is 1. The van der Waals surface area contributed by atoms with Crippen LogP contribution in [0.15, 0.2) is 57.7 Å². The minimum absolute atomic E-state index is 0.168.